The largest absolute Gasteiger partial charge is 0.350 e. The van der Waals surface area contributed by atoms with Gasteiger partial charge in [0, 0.05) is 0 Å². The van der Waals surface area contributed by atoms with E-state index in [0.717, 1.165) is 25.7 Å². The predicted molar refractivity (Wildman–Crippen MR) is 69.0 cm³/mol. The second kappa shape index (κ2) is 5.86. The molecule has 0 saturated heterocycles. The van der Waals surface area contributed by atoms with Crippen molar-refractivity contribution < 1.29 is 4.79 Å². The molecule has 7 heteroatoms. The molecule has 0 aromatic carbocycles. The minimum absolute atomic E-state index is 0.119. The van der Waals surface area contributed by atoms with Gasteiger partial charge in [0.25, 0.3) is 0 Å². The van der Waals surface area contributed by atoms with Gasteiger partial charge in [0.15, 0.2) is 11.0 Å². The van der Waals surface area contributed by atoms with E-state index in [4.69, 9.17) is 17.3 Å². The van der Waals surface area contributed by atoms with Gasteiger partial charge in [-0.1, -0.05) is 30.9 Å². The summed E-state index contributed by atoms with van der Waals surface area (Å²) in [4.78, 5) is 11.5. The van der Waals surface area contributed by atoms with Gasteiger partial charge in [0.05, 0.1) is 6.04 Å². The monoisotopic (exact) mass is 269 g/mol. The third-order valence-electron chi connectivity index (χ3n) is 3.04. The fourth-order valence-corrected chi connectivity index (χ4v) is 2.27. The number of nitrogens with one attached hydrogen (secondary N) is 1. The molecule has 1 aliphatic rings. The first kappa shape index (κ1) is 12.9. The summed E-state index contributed by atoms with van der Waals surface area (Å²) >= 11 is 5.65. The first-order valence-electron chi connectivity index (χ1n) is 6.01. The molecule has 0 unspecified atom stereocenters. The second-order valence-electron chi connectivity index (χ2n) is 4.35. The first-order valence-corrected chi connectivity index (χ1v) is 6.39. The molecule has 0 spiro atoms. The molecule has 2 amide bonds. The Morgan fingerprint density at radius 2 is 2.06 bits per heavy atom. The maximum Gasteiger partial charge on any atom is 0.333 e. The number of carbonyl (C=O) groups excluding carboxylic acids is 1. The van der Waals surface area contributed by atoms with E-state index in [1.807, 2.05) is 0 Å². The van der Waals surface area contributed by atoms with Crippen LogP contribution >= 0.6 is 11.6 Å². The molecule has 18 heavy (non-hydrogen) atoms. The zero-order valence-corrected chi connectivity index (χ0v) is 10.7. The van der Waals surface area contributed by atoms with Gasteiger partial charge in [0.1, 0.15) is 0 Å². The second-order valence-corrected chi connectivity index (χ2v) is 4.74. The smallest absolute Gasteiger partial charge is 0.333 e. The number of hydrazine groups is 1. The molecular formula is C11H16ClN5O. The van der Waals surface area contributed by atoms with Gasteiger partial charge >= 0.3 is 6.03 Å². The van der Waals surface area contributed by atoms with Crippen LogP contribution < -0.4 is 11.2 Å². The lowest BCUT2D eigenvalue weighted by Gasteiger charge is -2.33. The Morgan fingerprint density at radius 1 is 1.33 bits per heavy atom. The Hall–Kier alpha value is -1.56. The van der Waals surface area contributed by atoms with Gasteiger partial charge in [-0.2, -0.15) is 0 Å². The van der Waals surface area contributed by atoms with Crippen LogP contribution in [0.15, 0.2) is 12.1 Å². The molecule has 1 saturated carbocycles. The quantitative estimate of drug-likeness (QED) is 0.824. The van der Waals surface area contributed by atoms with E-state index < -0.39 is 6.03 Å². The summed E-state index contributed by atoms with van der Waals surface area (Å²) in [7, 11) is 0. The molecule has 3 N–H and O–H groups in total. The zero-order valence-electron chi connectivity index (χ0n) is 9.97. The van der Waals surface area contributed by atoms with Gasteiger partial charge in [0.2, 0.25) is 0 Å². The number of carbonyl (C=O) groups is 1. The van der Waals surface area contributed by atoms with E-state index in [1.165, 1.54) is 11.4 Å². The molecule has 0 radical (unpaired) electrons. The van der Waals surface area contributed by atoms with Gasteiger partial charge in [-0.3, -0.25) is 5.43 Å². The van der Waals surface area contributed by atoms with Crippen molar-refractivity contribution in [1.29, 1.82) is 0 Å². The molecule has 0 atom stereocenters. The lowest BCUT2D eigenvalue weighted by molar-refractivity contribution is 0.181. The number of rotatable bonds is 3. The summed E-state index contributed by atoms with van der Waals surface area (Å²) in [6, 6.07) is 2.89. The van der Waals surface area contributed by atoms with Crippen LogP contribution in [0, 0.1) is 0 Å². The summed E-state index contributed by atoms with van der Waals surface area (Å²) in [6.07, 6.45) is 5.35. The van der Waals surface area contributed by atoms with Crippen molar-refractivity contribution in [3.05, 3.63) is 17.3 Å². The number of nitrogens with two attached hydrogens (primary N) is 1. The summed E-state index contributed by atoms with van der Waals surface area (Å²) in [5.74, 6) is 0.462. The van der Waals surface area contributed by atoms with Gasteiger partial charge < -0.3 is 5.73 Å². The van der Waals surface area contributed by atoms with Gasteiger partial charge in [-0.15, -0.1) is 10.2 Å². The molecule has 0 bridgehead atoms. The zero-order chi connectivity index (χ0) is 13.0. The molecular weight excluding hydrogens is 254 g/mol. The van der Waals surface area contributed by atoms with Crippen LogP contribution in [0.25, 0.3) is 0 Å². The highest BCUT2D eigenvalue weighted by atomic mass is 35.5. The standard InChI is InChI=1S/C11H16ClN5O/c12-9-6-7-10(15-14-9)16-17(11(13)18)8-4-2-1-3-5-8/h6-8H,1-5H2,(H2,13,18)(H,15,16). The third-order valence-corrected chi connectivity index (χ3v) is 3.25. The normalized spacial score (nSPS) is 16.3. The van der Waals surface area contributed by atoms with Crippen LogP contribution in [0.3, 0.4) is 0 Å². The van der Waals surface area contributed by atoms with Crippen LogP contribution in [0.2, 0.25) is 5.15 Å². The van der Waals surface area contributed by atoms with E-state index >= 15 is 0 Å². The number of aromatic nitrogens is 2. The Balaban J connectivity index is 2.05. The van der Waals surface area contributed by atoms with Crippen molar-refractivity contribution in [3.8, 4) is 0 Å². The van der Waals surface area contributed by atoms with Crippen molar-refractivity contribution in [2.45, 2.75) is 38.1 Å². The lowest BCUT2D eigenvalue weighted by Crippen LogP contribution is -2.48. The van der Waals surface area contributed by atoms with Crippen molar-refractivity contribution in [1.82, 2.24) is 15.2 Å². The van der Waals surface area contributed by atoms with E-state index in [0.29, 0.717) is 11.0 Å². The SMILES string of the molecule is NC(=O)N(Nc1ccc(Cl)nn1)C1CCCCC1. The van der Waals surface area contributed by atoms with Crippen molar-refractivity contribution in [2.75, 3.05) is 5.43 Å². The van der Waals surface area contributed by atoms with E-state index in [2.05, 4.69) is 15.6 Å². The number of nitrogens with zero attached hydrogens (tertiary/aromatic N) is 3. The lowest BCUT2D eigenvalue weighted by atomic mass is 9.95. The molecule has 1 aliphatic carbocycles. The highest BCUT2D eigenvalue weighted by Gasteiger charge is 2.24. The highest BCUT2D eigenvalue weighted by molar-refractivity contribution is 6.29. The number of amides is 2. The third kappa shape index (κ3) is 3.22. The van der Waals surface area contributed by atoms with E-state index in [1.54, 1.807) is 12.1 Å². The molecule has 0 aliphatic heterocycles. The topological polar surface area (TPSA) is 84.1 Å². The van der Waals surface area contributed by atoms with Gasteiger partial charge in [-0.05, 0) is 25.0 Å². The number of anilines is 1. The Labute approximate surface area is 110 Å². The first-order chi connectivity index (χ1) is 8.66. The minimum Gasteiger partial charge on any atom is -0.350 e. The van der Waals surface area contributed by atoms with Crippen molar-refractivity contribution in [3.63, 3.8) is 0 Å². The van der Waals surface area contributed by atoms with Crippen LogP contribution in [0.4, 0.5) is 10.6 Å². The number of primary amides is 1. The van der Waals surface area contributed by atoms with Crippen LogP contribution in [-0.4, -0.2) is 27.3 Å². The summed E-state index contributed by atoms with van der Waals surface area (Å²) < 4.78 is 0. The predicted octanol–water partition coefficient (Wildman–Crippen LogP) is 2.17. The van der Waals surface area contributed by atoms with Crippen LogP contribution in [0.1, 0.15) is 32.1 Å². The van der Waals surface area contributed by atoms with Crippen molar-refractivity contribution in [2.24, 2.45) is 5.73 Å². The molecule has 6 nitrogen and oxygen atoms in total. The van der Waals surface area contributed by atoms with E-state index in [9.17, 15) is 4.79 Å². The maximum atomic E-state index is 11.5. The fraction of sp³-hybridized carbons (Fsp3) is 0.545. The molecule has 2 rings (SSSR count). The number of urea groups is 1. The number of halogens is 1. The van der Waals surface area contributed by atoms with Crippen LogP contribution in [-0.2, 0) is 0 Å². The molecule has 1 fully saturated rings. The number of hydrogen-bond acceptors (Lipinski definition) is 4. The molecule has 1 aromatic rings. The Bertz CT molecular complexity index is 404. The average Bonchev–Trinajstić information content (AvgIpc) is 2.38. The van der Waals surface area contributed by atoms with Crippen molar-refractivity contribution >= 4 is 23.4 Å². The Kier molecular flexibility index (Phi) is 4.19. The molecule has 98 valence electrons. The summed E-state index contributed by atoms with van der Waals surface area (Å²) in [5, 5.41) is 9.31. The highest BCUT2D eigenvalue weighted by Crippen LogP contribution is 2.22. The van der Waals surface area contributed by atoms with E-state index in [-0.39, 0.29) is 6.04 Å². The summed E-state index contributed by atoms with van der Waals surface area (Å²) in [5.41, 5.74) is 8.30. The number of hydrogen-bond donors (Lipinski definition) is 2. The minimum atomic E-state index is -0.501. The summed E-state index contributed by atoms with van der Waals surface area (Å²) in [6.45, 7) is 0. The van der Waals surface area contributed by atoms with Gasteiger partial charge in [-0.25, -0.2) is 9.80 Å². The molecule has 1 aromatic heterocycles. The average molecular weight is 270 g/mol. The fourth-order valence-electron chi connectivity index (χ4n) is 2.16. The maximum absolute atomic E-state index is 11.5. The Morgan fingerprint density at radius 3 is 2.61 bits per heavy atom. The molecule has 1 heterocycles. The van der Waals surface area contributed by atoms with Crippen LogP contribution in [0.5, 0.6) is 0 Å².